The molecule has 2 aliphatic rings. The first-order valence-corrected chi connectivity index (χ1v) is 7.84. The van der Waals surface area contributed by atoms with Gasteiger partial charge in [0.05, 0.1) is 11.3 Å². The Bertz CT molecular complexity index is 617. The van der Waals surface area contributed by atoms with Gasteiger partial charge in [-0.2, -0.15) is 0 Å². The Morgan fingerprint density at radius 3 is 2.68 bits per heavy atom. The molecule has 1 saturated carbocycles. The predicted octanol–water partition coefficient (Wildman–Crippen LogP) is 1.95. The van der Waals surface area contributed by atoms with Crippen molar-refractivity contribution in [2.45, 2.75) is 58.0 Å². The maximum Gasteiger partial charge on any atom is 0.326 e. The summed E-state index contributed by atoms with van der Waals surface area (Å²) in [6.45, 7) is 3.54. The second kappa shape index (κ2) is 5.66. The number of likely N-dealkylation sites (tertiary alicyclic amines) is 1. The van der Waals surface area contributed by atoms with Gasteiger partial charge in [0.15, 0.2) is 0 Å². The van der Waals surface area contributed by atoms with Gasteiger partial charge in [0.2, 0.25) is 0 Å². The molecule has 3 rings (SSSR count). The van der Waals surface area contributed by atoms with E-state index in [2.05, 4.69) is 9.97 Å². The number of nitrogens with zero attached hydrogens (tertiary/aromatic N) is 3. The van der Waals surface area contributed by atoms with E-state index in [0.29, 0.717) is 29.4 Å². The molecule has 1 aliphatic heterocycles. The lowest BCUT2D eigenvalue weighted by atomic mass is 9.84. The minimum absolute atomic E-state index is 0.0445. The summed E-state index contributed by atoms with van der Waals surface area (Å²) in [7, 11) is 0. The fourth-order valence-electron chi connectivity index (χ4n) is 3.90. The molecule has 1 amide bonds. The van der Waals surface area contributed by atoms with Crippen molar-refractivity contribution in [3.63, 3.8) is 0 Å². The number of carboxylic acid groups (broad SMARTS) is 1. The van der Waals surface area contributed by atoms with E-state index in [1.54, 1.807) is 18.7 Å². The van der Waals surface area contributed by atoms with E-state index < -0.39 is 12.0 Å². The van der Waals surface area contributed by atoms with Gasteiger partial charge >= 0.3 is 5.97 Å². The Kier molecular flexibility index (Phi) is 3.85. The molecular formula is C16H21N3O3. The average Bonchev–Trinajstić information content (AvgIpc) is 2.86. The first-order chi connectivity index (χ1) is 10.5. The summed E-state index contributed by atoms with van der Waals surface area (Å²) < 4.78 is 0. The average molecular weight is 303 g/mol. The van der Waals surface area contributed by atoms with Crippen LogP contribution in [0.15, 0.2) is 6.20 Å². The number of rotatable bonds is 2. The Labute approximate surface area is 129 Å². The number of hydrogen-bond donors (Lipinski definition) is 1. The van der Waals surface area contributed by atoms with Crippen LogP contribution in [0.1, 0.15) is 54.0 Å². The third kappa shape index (κ3) is 2.46. The molecule has 118 valence electrons. The molecule has 3 unspecified atom stereocenters. The van der Waals surface area contributed by atoms with E-state index >= 15 is 0 Å². The molecule has 0 radical (unpaired) electrons. The van der Waals surface area contributed by atoms with Gasteiger partial charge < -0.3 is 10.0 Å². The predicted molar refractivity (Wildman–Crippen MR) is 79.5 cm³/mol. The van der Waals surface area contributed by atoms with Gasteiger partial charge in [0.1, 0.15) is 11.9 Å². The van der Waals surface area contributed by atoms with Crippen molar-refractivity contribution in [1.29, 1.82) is 0 Å². The van der Waals surface area contributed by atoms with Gasteiger partial charge in [0.25, 0.3) is 5.91 Å². The number of carbonyl (C=O) groups excluding carboxylic acids is 1. The molecule has 6 heteroatoms. The number of carboxylic acids is 1. The van der Waals surface area contributed by atoms with E-state index in [-0.39, 0.29) is 11.9 Å². The first-order valence-electron chi connectivity index (χ1n) is 7.84. The van der Waals surface area contributed by atoms with Gasteiger partial charge in [-0.15, -0.1) is 0 Å². The molecule has 0 aromatic carbocycles. The number of amides is 1. The van der Waals surface area contributed by atoms with Crippen LogP contribution in [-0.2, 0) is 4.79 Å². The van der Waals surface area contributed by atoms with Crippen LogP contribution in [0, 0.1) is 19.8 Å². The van der Waals surface area contributed by atoms with Gasteiger partial charge in [-0.1, -0.05) is 12.8 Å². The molecule has 1 aliphatic carbocycles. The van der Waals surface area contributed by atoms with Crippen molar-refractivity contribution >= 4 is 11.9 Å². The molecule has 1 aromatic rings. The molecule has 2 fully saturated rings. The number of aliphatic carboxylic acids is 1. The highest BCUT2D eigenvalue weighted by atomic mass is 16.4. The van der Waals surface area contributed by atoms with Gasteiger partial charge in [-0.05, 0) is 39.0 Å². The highest BCUT2D eigenvalue weighted by Crippen LogP contribution is 2.40. The normalized spacial score (nSPS) is 27.5. The van der Waals surface area contributed by atoms with Crippen LogP contribution in [-0.4, -0.2) is 43.9 Å². The molecule has 0 spiro atoms. The van der Waals surface area contributed by atoms with E-state index in [1.807, 2.05) is 0 Å². The third-order valence-corrected chi connectivity index (χ3v) is 4.94. The molecule has 6 nitrogen and oxygen atoms in total. The van der Waals surface area contributed by atoms with Crippen LogP contribution < -0.4 is 0 Å². The van der Waals surface area contributed by atoms with Crippen LogP contribution in [0.3, 0.4) is 0 Å². The van der Waals surface area contributed by atoms with Crippen molar-refractivity contribution in [1.82, 2.24) is 14.9 Å². The molecule has 0 bridgehead atoms. The second-order valence-corrected chi connectivity index (χ2v) is 6.33. The van der Waals surface area contributed by atoms with Gasteiger partial charge in [0, 0.05) is 12.2 Å². The van der Waals surface area contributed by atoms with Crippen molar-refractivity contribution < 1.29 is 14.7 Å². The largest absolute Gasteiger partial charge is 0.480 e. The number of fused-ring (bicyclic) bond motifs is 1. The molecule has 2 heterocycles. The van der Waals surface area contributed by atoms with Gasteiger partial charge in [-0.25, -0.2) is 14.8 Å². The van der Waals surface area contributed by atoms with Crippen molar-refractivity contribution in [2.75, 3.05) is 0 Å². The fraction of sp³-hybridized carbons (Fsp3) is 0.625. The SMILES string of the molecule is Cc1ncc(C(=O)N2C(C(=O)O)CC3CCCCC32)c(C)n1. The molecule has 22 heavy (non-hydrogen) atoms. The van der Waals surface area contributed by atoms with Crippen molar-refractivity contribution in [2.24, 2.45) is 5.92 Å². The summed E-state index contributed by atoms with van der Waals surface area (Å²) in [6, 6.07) is -0.677. The monoisotopic (exact) mass is 303 g/mol. The number of carbonyl (C=O) groups is 2. The summed E-state index contributed by atoms with van der Waals surface area (Å²) in [5, 5.41) is 9.51. The van der Waals surface area contributed by atoms with Crippen molar-refractivity contribution in [3.05, 3.63) is 23.3 Å². The summed E-state index contributed by atoms with van der Waals surface area (Å²) >= 11 is 0. The number of aryl methyl sites for hydroxylation is 2. The zero-order chi connectivity index (χ0) is 15.9. The van der Waals surface area contributed by atoms with E-state index in [1.165, 1.54) is 6.20 Å². The lowest BCUT2D eigenvalue weighted by Gasteiger charge is -2.33. The van der Waals surface area contributed by atoms with Crippen LogP contribution >= 0.6 is 0 Å². The lowest BCUT2D eigenvalue weighted by Crippen LogP contribution is -2.46. The van der Waals surface area contributed by atoms with Crippen LogP contribution in [0.5, 0.6) is 0 Å². The highest BCUT2D eigenvalue weighted by Gasteiger charge is 2.47. The zero-order valence-corrected chi connectivity index (χ0v) is 13.0. The lowest BCUT2D eigenvalue weighted by molar-refractivity contribution is -0.141. The summed E-state index contributed by atoms with van der Waals surface area (Å²) in [6.07, 6.45) is 6.18. The number of aromatic nitrogens is 2. The molecule has 1 saturated heterocycles. The quantitative estimate of drug-likeness (QED) is 0.903. The topological polar surface area (TPSA) is 83.4 Å². The van der Waals surface area contributed by atoms with Crippen LogP contribution in [0.25, 0.3) is 0 Å². The molecule has 1 aromatic heterocycles. The highest BCUT2D eigenvalue weighted by molar-refractivity contribution is 5.97. The Balaban J connectivity index is 1.95. The molecule has 3 atom stereocenters. The summed E-state index contributed by atoms with van der Waals surface area (Å²) in [5.41, 5.74) is 1.03. The second-order valence-electron chi connectivity index (χ2n) is 6.33. The van der Waals surface area contributed by atoms with Crippen LogP contribution in [0.2, 0.25) is 0 Å². The fourth-order valence-corrected chi connectivity index (χ4v) is 3.90. The van der Waals surface area contributed by atoms with Gasteiger partial charge in [-0.3, -0.25) is 4.79 Å². The molecule has 1 N–H and O–H groups in total. The Morgan fingerprint density at radius 1 is 1.27 bits per heavy atom. The Morgan fingerprint density at radius 2 is 2.00 bits per heavy atom. The maximum atomic E-state index is 12.9. The summed E-state index contributed by atoms with van der Waals surface area (Å²) in [4.78, 5) is 34.5. The summed E-state index contributed by atoms with van der Waals surface area (Å²) in [5.74, 6) is -0.223. The Hall–Kier alpha value is -1.98. The van der Waals surface area contributed by atoms with Crippen LogP contribution in [0.4, 0.5) is 0 Å². The van der Waals surface area contributed by atoms with Crippen molar-refractivity contribution in [3.8, 4) is 0 Å². The first kappa shape index (κ1) is 14.9. The standard InChI is InChI=1S/C16H21N3O3/c1-9-12(8-17-10(2)18-9)15(20)19-13-6-4-3-5-11(13)7-14(19)16(21)22/h8,11,13-14H,3-7H2,1-2H3,(H,21,22). The van der Waals surface area contributed by atoms with E-state index in [4.69, 9.17) is 0 Å². The maximum absolute atomic E-state index is 12.9. The molecular weight excluding hydrogens is 282 g/mol. The minimum atomic E-state index is -0.909. The van der Waals surface area contributed by atoms with E-state index in [9.17, 15) is 14.7 Å². The van der Waals surface area contributed by atoms with E-state index in [0.717, 1.165) is 25.7 Å². The number of hydrogen-bond acceptors (Lipinski definition) is 4. The minimum Gasteiger partial charge on any atom is -0.480 e. The zero-order valence-electron chi connectivity index (χ0n) is 13.0. The smallest absolute Gasteiger partial charge is 0.326 e. The third-order valence-electron chi connectivity index (χ3n) is 4.94.